The molecule has 1 fully saturated rings. The fraction of sp³-hybridized carbons (Fsp3) is 0.385. The minimum absolute atomic E-state index is 0. The maximum Gasteiger partial charge on any atom is 0.251 e. The van der Waals surface area contributed by atoms with E-state index in [1.807, 2.05) is 6.07 Å². The number of hydrogen-bond acceptors (Lipinski definition) is 4. The third-order valence-electron chi connectivity index (χ3n) is 3.27. The summed E-state index contributed by atoms with van der Waals surface area (Å²) >= 11 is 1.50. The van der Waals surface area contributed by atoms with Crippen LogP contribution in [0, 0.1) is 0 Å². The molecule has 2 amide bonds. The molecule has 3 rings (SSSR count). The molecule has 3 N–H and O–H groups in total. The van der Waals surface area contributed by atoms with Gasteiger partial charge in [0.1, 0.15) is 0 Å². The average molecular weight is 314 g/mol. The minimum Gasteiger partial charge on any atom is -0.348 e. The number of nitrogens with one attached hydrogen (secondary N) is 3. The van der Waals surface area contributed by atoms with E-state index in [0.717, 1.165) is 30.1 Å². The first-order valence-corrected chi connectivity index (χ1v) is 7.29. The van der Waals surface area contributed by atoms with Crippen molar-refractivity contribution in [2.45, 2.75) is 17.4 Å². The summed E-state index contributed by atoms with van der Waals surface area (Å²) in [6.07, 6.45) is 0.962. The summed E-state index contributed by atoms with van der Waals surface area (Å²) in [5.41, 5.74) is 1.33. The van der Waals surface area contributed by atoms with Crippen molar-refractivity contribution in [2.75, 3.05) is 24.2 Å². The molecule has 20 heavy (non-hydrogen) atoms. The lowest BCUT2D eigenvalue weighted by Gasteiger charge is -2.17. The van der Waals surface area contributed by atoms with Crippen LogP contribution < -0.4 is 16.0 Å². The van der Waals surface area contributed by atoms with Crippen LogP contribution in [0.4, 0.5) is 5.69 Å². The van der Waals surface area contributed by atoms with E-state index in [2.05, 4.69) is 16.0 Å². The second-order valence-corrected chi connectivity index (χ2v) is 5.73. The Kier molecular flexibility index (Phi) is 4.91. The molecule has 7 heteroatoms. The first-order chi connectivity index (χ1) is 9.22. The summed E-state index contributed by atoms with van der Waals surface area (Å²) in [7, 11) is 0. The van der Waals surface area contributed by atoms with Gasteiger partial charge in [-0.05, 0) is 31.2 Å². The molecule has 1 aromatic carbocycles. The topological polar surface area (TPSA) is 70.2 Å². The van der Waals surface area contributed by atoms with Crippen LogP contribution in [0.3, 0.4) is 0 Å². The molecule has 1 unspecified atom stereocenters. The van der Waals surface area contributed by atoms with Crippen molar-refractivity contribution in [1.82, 2.24) is 10.6 Å². The fourth-order valence-corrected chi connectivity index (χ4v) is 3.06. The SMILES string of the molecule is Cl.O=C1CSc2ccc(C(=O)NC3CCNC3)cc2N1. The summed E-state index contributed by atoms with van der Waals surface area (Å²) in [5.74, 6) is 0.336. The molecular weight excluding hydrogens is 298 g/mol. The molecule has 0 aromatic heterocycles. The third-order valence-corrected chi connectivity index (χ3v) is 4.34. The Morgan fingerprint density at radius 1 is 1.40 bits per heavy atom. The van der Waals surface area contributed by atoms with Gasteiger partial charge in [0, 0.05) is 23.0 Å². The maximum atomic E-state index is 12.1. The monoisotopic (exact) mass is 313 g/mol. The highest BCUT2D eigenvalue weighted by atomic mass is 35.5. The zero-order valence-electron chi connectivity index (χ0n) is 10.8. The van der Waals surface area contributed by atoms with Crippen molar-refractivity contribution in [1.29, 1.82) is 0 Å². The van der Waals surface area contributed by atoms with Crippen molar-refractivity contribution >= 4 is 41.7 Å². The van der Waals surface area contributed by atoms with Crippen LogP contribution in [-0.2, 0) is 4.79 Å². The van der Waals surface area contributed by atoms with Crippen LogP contribution >= 0.6 is 24.2 Å². The largest absolute Gasteiger partial charge is 0.348 e. The standard InChI is InChI=1S/C13H15N3O2S.ClH/c17-12-7-19-11-2-1-8(5-10(11)16-12)13(18)15-9-3-4-14-6-9;/h1-2,5,9,14H,3-4,6-7H2,(H,15,18)(H,16,17);1H. The number of rotatable bonds is 2. The summed E-state index contributed by atoms with van der Waals surface area (Å²) < 4.78 is 0. The normalized spacial score (nSPS) is 20.6. The van der Waals surface area contributed by atoms with E-state index in [1.165, 1.54) is 11.8 Å². The Morgan fingerprint density at radius 3 is 3.00 bits per heavy atom. The summed E-state index contributed by atoms with van der Waals surface area (Å²) in [4.78, 5) is 24.5. The van der Waals surface area contributed by atoms with Gasteiger partial charge in [-0.25, -0.2) is 0 Å². The lowest BCUT2D eigenvalue weighted by molar-refractivity contribution is -0.113. The quantitative estimate of drug-likeness (QED) is 0.768. The van der Waals surface area contributed by atoms with Gasteiger partial charge in [-0.1, -0.05) is 0 Å². The molecule has 0 radical (unpaired) electrons. The molecule has 0 aliphatic carbocycles. The molecule has 2 heterocycles. The first-order valence-electron chi connectivity index (χ1n) is 6.30. The number of benzene rings is 1. The van der Waals surface area contributed by atoms with Crippen LogP contribution in [0.5, 0.6) is 0 Å². The van der Waals surface area contributed by atoms with Crippen molar-refractivity contribution in [2.24, 2.45) is 0 Å². The number of halogens is 1. The molecule has 1 saturated heterocycles. The highest BCUT2D eigenvalue weighted by Gasteiger charge is 2.20. The third kappa shape index (κ3) is 3.26. The van der Waals surface area contributed by atoms with Gasteiger partial charge in [0.15, 0.2) is 0 Å². The van der Waals surface area contributed by atoms with Gasteiger partial charge >= 0.3 is 0 Å². The fourth-order valence-electron chi connectivity index (χ4n) is 2.27. The van der Waals surface area contributed by atoms with E-state index >= 15 is 0 Å². The lowest BCUT2D eigenvalue weighted by Crippen LogP contribution is -2.36. The highest BCUT2D eigenvalue weighted by Crippen LogP contribution is 2.31. The zero-order valence-corrected chi connectivity index (χ0v) is 12.4. The maximum absolute atomic E-state index is 12.1. The molecule has 1 aromatic rings. The molecule has 1 atom stereocenters. The second kappa shape index (κ2) is 6.47. The summed E-state index contributed by atoms with van der Waals surface area (Å²) in [6.45, 7) is 1.77. The molecule has 0 saturated carbocycles. The van der Waals surface area contributed by atoms with Crippen LogP contribution in [0.2, 0.25) is 0 Å². The number of amides is 2. The van der Waals surface area contributed by atoms with Crippen molar-refractivity contribution in [3.63, 3.8) is 0 Å². The Bertz CT molecular complexity index is 532. The Hall–Kier alpha value is -1.24. The van der Waals surface area contributed by atoms with Crippen LogP contribution in [0.1, 0.15) is 16.8 Å². The zero-order chi connectivity index (χ0) is 13.2. The van der Waals surface area contributed by atoms with Crippen LogP contribution in [-0.4, -0.2) is 36.7 Å². The van der Waals surface area contributed by atoms with Gasteiger partial charge in [-0.15, -0.1) is 24.2 Å². The molecule has 2 aliphatic rings. The number of carbonyl (C=O) groups excluding carboxylic acids is 2. The predicted molar refractivity (Wildman–Crippen MR) is 81.8 cm³/mol. The van der Waals surface area contributed by atoms with Gasteiger partial charge in [0.25, 0.3) is 5.91 Å². The molecule has 108 valence electrons. The van der Waals surface area contributed by atoms with Gasteiger partial charge < -0.3 is 16.0 Å². The summed E-state index contributed by atoms with van der Waals surface area (Å²) in [6, 6.07) is 5.65. The minimum atomic E-state index is -0.0821. The Balaban J connectivity index is 0.00000147. The smallest absolute Gasteiger partial charge is 0.251 e. The van der Waals surface area contributed by atoms with E-state index in [1.54, 1.807) is 12.1 Å². The average Bonchev–Trinajstić information content (AvgIpc) is 2.90. The van der Waals surface area contributed by atoms with Gasteiger partial charge in [-0.2, -0.15) is 0 Å². The van der Waals surface area contributed by atoms with Gasteiger partial charge in [-0.3, -0.25) is 9.59 Å². The molecule has 0 bridgehead atoms. The van der Waals surface area contributed by atoms with E-state index in [9.17, 15) is 9.59 Å². The lowest BCUT2D eigenvalue weighted by atomic mass is 10.1. The molecule has 0 spiro atoms. The number of fused-ring (bicyclic) bond motifs is 1. The van der Waals surface area contributed by atoms with Gasteiger partial charge in [0.05, 0.1) is 11.4 Å². The molecule has 5 nitrogen and oxygen atoms in total. The van der Waals surface area contributed by atoms with E-state index in [4.69, 9.17) is 0 Å². The van der Waals surface area contributed by atoms with Gasteiger partial charge in [0.2, 0.25) is 5.91 Å². The van der Waals surface area contributed by atoms with Crippen molar-refractivity contribution in [3.8, 4) is 0 Å². The Morgan fingerprint density at radius 2 is 2.25 bits per heavy atom. The van der Waals surface area contributed by atoms with E-state index in [-0.39, 0.29) is 30.3 Å². The predicted octanol–water partition coefficient (Wildman–Crippen LogP) is 1.24. The second-order valence-electron chi connectivity index (χ2n) is 4.71. The first kappa shape index (κ1) is 15.2. The van der Waals surface area contributed by atoms with E-state index < -0.39 is 0 Å². The molecular formula is C13H16ClN3O2S. The van der Waals surface area contributed by atoms with Crippen LogP contribution in [0.25, 0.3) is 0 Å². The number of anilines is 1. The van der Waals surface area contributed by atoms with Crippen molar-refractivity contribution in [3.05, 3.63) is 23.8 Å². The molecule has 2 aliphatic heterocycles. The number of carbonyl (C=O) groups is 2. The van der Waals surface area contributed by atoms with Crippen molar-refractivity contribution < 1.29 is 9.59 Å². The highest BCUT2D eigenvalue weighted by molar-refractivity contribution is 8.00. The Labute approximate surface area is 127 Å². The number of thioether (sulfide) groups is 1. The summed E-state index contributed by atoms with van der Waals surface area (Å²) in [5, 5.41) is 9.00. The van der Waals surface area contributed by atoms with E-state index in [0.29, 0.717) is 11.3 Å². The number of hydrogen-bond donors (Lipinski definition) is 3. The van der Waals surface area contributed by atoms with Crippen LogP contribution in [0.15, 0.2) is 23.1 Å².